The van der Waals surface area contributed by atoms with E-state index in [1.165, 1.54) is 26.3 Å². The van der Waals surface area contributed by atoms with E-state index in [0.717, 1.165) is 11.3 Å². The lowest BCUT2D eigenvalue weighted by atomic mass is 9.84. The number of hydroxylamine groups is 2. The fraction of sp³-hybridized carbons (Fsp3) is 0.333. The van der Waals surface area contributed by atoms with Gasteiger partial charge in [-0.25, -0.2) is 4.98 Å². The Balaban J connectivity index is 1.95. The number of nitrogens with one attached hydrogen (secondary N) is 2. The second kappa shape index (κ2) is 10.2. The summed E-state index contributed by atoms with van der Waals surface area (Å²) in [6.45, 7) is 2.65. The Hall–Kier alpha value is -4.27. The molecule has 3 amide bonds. The topological polar surface area (TPSA) is 265 Å². The Morgan fingerprint density at radius 2 is 2.00 bits per heavy atom. The minimum Gasteiger partial charge on any atom is -0.503 e. The van der Waals surface area contributed by atoms with Gasteiger partial charge < -0.3 is 31.5 Å². The van der Waals surface area contributed by atoms with Crippen molar-refractivity contribution >= 4 is 50.3 Å². The van der Waals surface area contributed by atoms with Crippen molar-refractivity contribution in [3.8, 4) is 5.75 Å². The molecule has 2 atom stereocenters. The summed E-state index contributed by atoms with van der Waals surface area (Å²) < 4.78 is 35.4. The van der Waals surface area contributed by atoms with E-state index in [0.29, 0.717) is 17.3 Å². The van der Waals surface area contributed by atoms with Crippen LogP contribution >= 0.6 is 11.3 Å². The van der Waals surface area contributed by atoms with Gasteiger partial charge in [-0.05, 0) is 13.8 Å². The highest BCUT2D eigenvalue weighted by Gasteiger charge is 2.58. The van der Waals surface area contributed by atoms with Crippen molar-refractivity contribution in [2.75, 3.05) is 12.8 Å². The average Bonchev–Trinajstić information content (AvgIpc) is 3.25. The lowest BCUT2D eigenvalue weighted by Gasteiger charge is -2.50. The first-order valence-electron chi connectivity index (χ1n) is 10.2. The molecule has 1 saturated heterocycles. The summed E-state index contributed by atoms with van der Waals surface area (Å²) >= 11 is 0.911. The molecular formula is C18H21N7O11S2. The van der Waals surface area contributed by atoms with E-state index in [1.54, 1.807) is 0 Å². The van der Waals surface area contributed by atoms with Crippen LogP contribution in [0.4, 0.5) is 5.13 Å². The number of nitrogens with zero attached hydrogens (tertiary/aromatic N) is 4. The molecule has 38 heavy (non-hydrogen) atoms. The second-order valence-corrected chi connectivity index (χ2v) is 9.99. The minimum atomic E-state index is -5.03. The standard InChI is InChI=1S/C18H21N7O11S2/c1-18(2)13(16(30)25(18)36-38(32,33)34)22-14(28)11(7-6-37-17(19)21-7)23-35-12(15(29)20-3)8-4-9(26)10(27)5-24(8)31/h4-6,12-13,27,31H,1-3H3,(H2,19,21)(H,20,29)(H,22,28)(H,32,33,34)/b23-11-/t12?,13-/m1/s1. The van der Waals surface area contributed by atoms with Crippen LogP contribution in [0.1, 0.15) is 31.3 Å². The van der Waals surface area contributed by atoms with E-state index in [-0.39, 0.29) is 15.6 Å². The predicted molar refractivity (Wildman–Crippen MR) is 126 cm³/mol. The molecule has 0 aliphatic carbocycles. The molecule has 2 aromatic rings. The van der Waals surface area contributed by atoms with Crippen LogP contribution in [0, 0.1) is 0 Å². The van der Waals surface area contributed by atoms with Crippen molar-refractivity contribution in [2.45, 2.75) is 31.5 Å². The van der Waals surface area contributed by atoms with E-state index in [1.807, 2.05) is 0 Å². The maximum Gasteiger partial charge on any atom is 0.418 e. The molecule has 3 rings (SSSR count). The molecule has 1 aliphatic heterocycles. The molecule has 0 saturated carbocycles. The highest BCUT2D eigenvalue weighted by Crippen LogP contribution is 2.33. The summed E-state index contributed by atoms with van der Waals surface area (Å²) in [5, 5.41) is 29.4. The lowest BCUT2D eigenvalue weighted by Crippen LogP contribution is -2.76. The quantitative estimate of drug-likeness (QED) is 0.0614. The van der Waals surface area contributed by atoms with Crippen LogP contribution in [-0.2, 0) is 33.9 Å². The Labute approximate surface area is 217 Å². The average molecular weight is 576 g/mol. The maximum absolute atomic E-state index is 13.1. The zero-order valence-electron chi connectivity index (χ0n) is 19.7. The number of likely N-dealkylation sites (N-methyl/N-ethyl adjacent to an activating group) is 1. The van der Waals surface area contributed by atoms with Crippen LogP contribution < -0.4 is 21.8 Å². The zero-order valence-corrected chi connectivity index (χ0v) is 21.3. The summed E-state index contributed by atoms with van der Waals surface area (Å²) in [6, 6.07) is -0.669. The molecule has 1 fully saturated rings. The first kappa shape index (κ1) is 28.3. The van der Waals surface area contributed by atoms with Crippen LogP contribution in [0.15, 0.2) is 27.6 Å². The third kappa shape index (κ3) is 5.66. The first-order valence-corrected chi connectivity index (χ1v) is 12.4. The molecular weight excluding hydrogens is 554 g/mol. The van der Waals surface area contributed by atoms with Crippen molar-refractivity contribution in [3.05, 3.63) is 39.3 Å². The third-order valence-corrected chi connectivity index (χ3v) is 6.16. The normalized spacial score (nSPS) is 17.9. The van der Waals surface area contributed by atoms with Gasteiger partial charge in [0.25, 0.3) is 17.7 Å². The zero-order chi connectivity index (χ0) is 28.6. The van der Waals surface area contributed by atoms with Crippen LogP contribution in [0.2, 0.25) is 0 Å². The van der Waals surface area contributed by atoms with E-state index in [9.17, 15) is 37.9 Å². The molecule has 0 spiro atoms. The number of β-lactam (4-membered cyclic amide) rings is 1. The van der Waals surface area contributed by atoms with Crippen molar-refractivity contribution in [1.82, 2.24) is 25.4 Å². The van der Waals surface area contributed by atoms with E-state index in [2.05, 4.69) is 25.1 Å². The number of hydrogen-bond acceptors (Lipinski definition) is 14. The van der Waals surface area contributed by atoms with E-state index in [4.69, 9.17) is 15.1 Å². The number of anilines is 1. The number of thiazole rings is 1. The molecule has 206 valence electrons. The van der Waals surface area contributed by atoms with Crippen molar-refractivity contribution in [1.29, 1.82) is 0 Å². The number of carbonyl (C=O) groups is 3. The molecule has 1 unspecified atom stereocenters. The Bertz CT molecular complexity index is 1480. The van der Waals surface area contributed by atoms with Gasteiger partial charge in [0.15, 0.2) is 16.6 Å². The molecule has 1 aliphatic rings. The molecule has 20 heteroatoms. The molecule has 3 heterocycles. The molecule has 7 N–H and O–H groups in total. The number of carbonyl (C=O) groups excluding carboxylic acids is 3. The second-order valence-electron chi connectivity index (χ2n) is 8.10. The van der Waals surface area contributed by atoms with Gasteiger partial charge in [-0.1, -0.05) is 5.16 Å². The number of aromatic nitrogens is 2. The molecule has 0 aromatic carbocycles. The van der Waals surface area contributed by atoms with Crippen LogP contribution in [0.25, 0.3) is 0 Å². The van der Waals surface area contributed by atoms with Crippen molar-refractivity contribution in [2.24, 2.45) is 5.16 Å². The Morgan fingerprint density at radius 3 is 2.53 bits per heavy atom. The smallest absolute Gasteiger partial charge is 0.418 e. The van der Waals surface area contributed by atoms with Gasteiger partial charge in [0, 0.05) is 18.5 Å². The van der Waals surface area contributed by atoms with Crippen molar-refractivity contribution < 1.29 is 46.8 Å². The van der Waals surface area contributed by atoms with Gasteiger partial charge >= 0.3 is 10.4 Å². The minimum absolute atomic E-state index is 0.0128. The van der Waals surface area contributed by atoms with Crippen LogP contribution in [0.5, 0.6) is 5.75 Å². The van der Waals surface area contributed by atoms with Gasteiger partial charge in [-0.15, -0.1) is 15.6 Å². The number of nitrogens with two attached hydrogens (primary N) is 1. The number of oxime groups is 1. The fourth-order valence-electron chi connectivity index (χ4n) is 3.22. The van der Waals surface area contributed by atoms with Crippen molar-refractivity contribution in [3.63, 3.8) is 0 Å². The number of nitrogen functional groups attached to an aromatic ring is 1. The predicted octanol–water partition coefficient (Wildman–Crippen LogP) is -2.12. The number of amides is 3. The highest BCUT2D eigenvalue weighted by atomic mass is 32.3. The van der Waals surface area contributed by atoms with Gasteiger partial charge in [0.2, 0.25) is 11.5 Å². The number of aromatic hydroxyl groups is 1. The van der Waals surface area contributed by atoms with Gasteiger partial charge in [0.1, 0.15) is 17.4 Å². The fourth-order valence-corrected chi connectivity index (χ4v) is 4.22. The summed E-state index contributed by atoms with van der Waals surface area (Å²) in [5.74, 6) is -3.87. The van der Waals surface area contributed by atoms with Crippen LogP contribution in [0.3, 0.4) is 0 Å². The van der Waals surface area contributed by atoms with E-state index < -0.39 is 68.4 Å². The number of rotatable bonds is 9. The Morgan fingerprint density at radius 1 is 1.34 bits per heavy atom. The summed E-state index contributed by atoms with van der Waals surface area (Å²) in [5.41, 5.74) is 1.99. The largest absolute Gasteiger partial charge is 0.503 e. The highest BCUT2D eigenvalue weighted by molar-refractivity contribution is 7.80. The molecule has 18 nitrogen and oxygen atoms in total. The lowest BCUT2D eigenvalue weighted by molar-refractivity contribution is -0.218. The third-order valence-electron chi connectivity index (χ3n) is 5.14. The first-order chi connectivity index (χ1) is 17.6. The monoisotopic (exact) mass is 575 g/mol. The van der Waals surface area contributed by atoms with Gasteiger partial charge in [0.05, 0.1) is 11.7 Å². The van der Waals surface area contributed by atoms with Gasteiger partial charge in [-0.3, -0.25) is 23.7 Å². The van der Waals surface area contributed by atoms with E-state index >= 15 is 0 Å². The molecule has 0 radical (unpaired) electrons. The molecule has 2 aromatic heterocycles. The van der Waals surface area contributed by atoms with Gasteiger partial charge in [-0.2, -0.15) is 18.2 Å². The van der Waals surface area contributed by atoms with Crippen LogP contribution in [-0.4, -0.2) is 80.1 Å². The number of pyridine rings is 1. The summed E-state index contributed by atoms with van der Waals surface area (Å²) in [7, 11) is -3.82. The summed E-state index contributed by atoms with van der Waals surface area (Å²) in [4.78, 5) is 58.9. The maximum atomic E-state index is 13.1. The Kier molecular flexibility index (Phi) is 7.63. The molecule has 0 bridgehead atoms. The number of hydrogen-bond donors (Lipinski definition) is 6. The summed E-state index contributed by atoms with van der Waals surface area (Å²) in [6.07, 6.45) is -1.21. The SMILES string of the molecule is CNC(=O)C(O/N=C(\C(=O)N[C@@H]1C(=O)N(OS(=O)(=O)O)C1(C)C)c1csc(N)n1)c1cc(=O)c(O)cn1O.